The summed E-state index contributed by atoms with van der Waals surface area (Å²) in [6.45, 7) is 3.24. The van der Waals surface area contributed by atoms with Crippen molar-refractivity contribution in [2.24, 2.45) is 0 Å². The molecule has 1 N–H and O–H groups in total. The Kier molecular flexibility index (Phi) is 3.56. The van der Waals surface area contributed by atoms with Gasteiger partial charge in [0.25, 0.3) is 0 Å². The second-order valence-electron chi connectivity index (χ2n) is 7.09. The van der Waals surface area contributed by atoms with Crippen LogP contribution in [-0.4, -0.2) is 11.5 Å². The molecule has 0 bridgehead atoms. The van der Waals surface area contributed by atoms with Crippen molar-refractivity contribution in [3.8, 4) is 0 Å². The maximum Gasteiger partial charge on any atom is 0.0822 e. The Labute approximate surface area is 154 Å². The van der Waals surface area contributed by atoms with Crippen LogP contribution in [0.3, 0.4) is 0 Å². The third kappa shape index (κ3) is 2.33. The van der Waals surface area contributed by atoms with E-state index in [2.05, 4.69) is 95.7 Å². The van der Waals surface area contributed by atoms with Gasteiger partial charge in [-0.05, 0) is 42.7 Å². The lowest BCUT2D eigenvalue weighted by molar-refractivity contribution is 0.653. The van der Waals surface area contributed by atoms with Crippen molar-refractivity contribution in [2.45, 2.75) is 19.4 Å². The van der Waals surface area contributed by atoms with Crippen LogP contribution >= 0.6 is 0 Å². The summed E-state index contributed by atoms with van der Waals surface area (Å²) in [6, 6.07) is 28.6. The minimum Gasteiger partial charge on any atom is -0.360 e. The number of hydrogen-bond acceptors (Lipinski definition) is 1. The molecule has 0 amide bonds. The van der Waals surface area contributed by atoms with Gasteiger partial charge in [-0.3, -0.25) is 0 Å². The number of aromatic nitrogens is 1. The molecule has 0 saturated heterocycles. The van der Waals surface area contributed by atoms with Gasteiger partial charge in [0.05, 0.1) is 6.04 Å². The first-order valence-corrected chi connectivity index (χ1v) is 9.29. The predicted molar refractivity (Wildman–Crippen MR) is 109 cm³/mol. The molecule has 1 aliphatic rings. The molecule has 5 rings (SSSR count). The maximum absolute atomic E-state index is 3.60. The van der Waals surface area contributed by atoms with Crippen LogP contribution in [0.1, 0.15) is 28.4 Å². The molecule has 0 fully saturated rings. The van der Waals surface area contributed by atoms with E-state index in [1.807, 2.05) is 0 Å². The first-order valence-electron chi connectivity index (χ1n) is 9.29. The van der Waals surface area contributed by atoms with Crippen molar-refractivity contribution in [3.63, 3.8) is 0 Å². The van der Waals surface area contributed by atoms with Crippen LogP contribution in [-0.2, 0) is 6.42 Å². The molecule has 2 heterocycles. The van der Waals surface area contributed by atoms with Crippen molar-refractivity contribution in [1.82, 2.24) is 4.98 Å². The molecular weight excluding hydrogens is 316 g/mol. The van der Waals surface area contributed by atoms with Crippen LogP contribution in [0.2, 0.25) is 0 Å². The topological polar surface area (TPSA) is 19.0 Å². The molecule has 0 radical (unpaired) electrons. The van der Waals surface area contributed by atoms with Crippen molar-refractivity contribution in [3.05, 3.63) is 101 Å². The van der Waals surface area contributed by atoms with Crippen LogP contribution in [0.25, 0.3) is 10.9 Å². The van der Waals surface area contributed by atoms with Crippen LogP contribution in [0.4, 0.5) is 5.69 Å². The van der Waals surface area contributed by atoms with E-state index in [1.165, 1.54) is 39.0 Å². The molecule has 1 atom stereocenters. The van der Waals surface area contributed by atoms with Gasteiger partial charge in [-0.25, -0.2) is 0 Å². The van der Waals surface area contributed by atoms with Gasteiger partial charge in [-0.15, -0.1) is 0 Å². The Bertz CT molecular complexity index is 1060. The largest absolute Gasteiger partial charge is 0.360 e. The van der Waals surface area contributed by atoms with Crippen molar-refractivity contribution in [1.29, 1.82) is 0 Å². The number of rotatable bonds is 2. The van der Waals surface area contributed by atoms with E-state index < -0.39 is 0 Å². The van der Waals surface area contributed by atoms with Gasteiger partial charge in [0.15, 0.2) is 0 Å². The molecule has 1 aromatic heterocycles. The van der Waals surface area contributed by atoms with E-state index in [0.29, 0.717) is 0 Å². The molecular formula is C24H22N2. The molecule has 26 heavy (non-hydrogen) atoms. The fraction of sp³-hybridized carbons (Fsp3) is 0.167. The summed E-state index contributed by atoms with van der Waals surface area (Å²) >= 11 is 0. The van der Waals surface area contributed by atoms with Crippen molar-refractivity contribution in [2.75, 3.05) is 11.4 Å². The Morgan fingerprint density at radius 3 is 2.46 bits per heavy atom. The second-order valence-corrected chi connectivity index (χ2v) is 7.09. The van der Waals surface area contributed by atoms with E-state index in [4.69, 9.17) is 0 Å². The molecule has 0 aliphatic carbocycles. The zero-order valence-corrected chi connectivity index (χ0v) is 14.9. The number of nitrogens with one attached hydrogen (secondary N) is 1. The number of fused-ring (bicyclic) bond motifs is 2. The average Bonchev–Trinajstić information content (AvgIpc) is 3.03. The third-order valence-corrected chi connectivity index (χ3v) is 5.59. The Balaban J connectivity index is 1.77. The van der Waals surface area contributed by atoms with Gasteiger partial charge in [0, 0.05) is 34.4 Å². The quantitative estimate of drug-likeness (QED) is 0.502. The van der Waals surface area contributed by atoms with E-state index >= 15 is 0 Å². The molecule has 0 saturated carbocycles. The van der Waals surface area contributed by atoms with Crippen LogP contribution in [0.5, 0.6) is 0 Å². The Morgan fingerprint density at radius 2 is 1.58 bits per heavy atom. The number of para-hydroxylation sites is 2. The minimum absolute atomic E-state index is 0.235. The highest BCUT2D eigenvalue weighted by molar-refractivity contribution is 5.86. The molecule has 128 valence electrons. The standard InChI is InChI=1S/C24H22N2/c1-17-23(21-13-7-8-14-22(21)25-17)24-20-12-6-5-9-18(20)15-16-26(24)19-10-3-2-4-11-19/h2-14,24-25H,15-16H2,1H3. The van der Waals surface area contributed by atoms with Gasteiger partial charge < -0.3 is 9.88 Å². The third-order valence-electron chi connectivity index (χ3n) is 5.59. The number of aromatic amines is 1. The lowest BCUT2D eigenvalue weighted by Crippen LogP contribution is -2.36. The minimum atomic E-state index is 0.235. The highest BCUT2D eigenvalue weighted by atomic mass is 15.2. The summed E-state index contributed by atoms with van der Waals surface area (Å²) in [5.41, 5.74) is 8.06. The monoisotopic (exact) mass is 338 g/mol. The number of benzene rings is 3. The van der Waals surface area contributed by atoms with Crippen LogP contribution in [0.15, 0.2) is 78.9 Å². The molecule has 3 aromatic carbocycles. The van der Waals surface area contributed by atoms with Crippen molar-refractivity contribution >= 4 is 16.6 Å². The fourth-order valence-electron chi connectivity index (χ4n) is 4.43. The zero-order valence-electron chi connectivity index (χ0n) is 14.9. The summed E-state index contributed by atoms with van der Waals surface area (Å²) in [4.78, 5) is 6.16. The summed E-state index contributed by atoms with van der Waals surface area (Å²) < 4.78 is 0. The zero-order chi connectivity index (χ0) is 17.5. The number of nitrogens with zero attached hydrogens (tertiary/aromatic N) is 1. The van der Waals surface area contributed by atoms with E-state index in [-0.39, 0.29) is 6.04 Å². The van der Waals surface area contributed by atoms with Gasteiger partial charge in [0.2, 0.25) is 0 Å². The molecule has 1 unspecified atom stereocenters. The van der Waals surface area contributed by atoms with Crippen molar-refractivity contribution < 1.29 is 0 Å². The summed E-state index contributed by atoms with van der Waals surface area (Å²) in [6.07, 6.45) is 1.09. The SMILES string of the molecule is Cc1[nH]c2ccccc2c1C1c2ccccc2CCN1c1ccccc1. The van der Waals surface area contributed by atoms with E-state index in [1.54, 1.807) is 0 Å². The number of H-pyrrole nitrogens is 1. The maximum atomic E-state index is 3.60. The van der Waals surface area contributed by atoms with Gasteiger partial charge in [-0.1, -0.05) is 60.7 Å². The Hall–Kier alpha value is -3.00. The lowest BCUT2D eigenvalue weighted by Gasteiger charge is -2.39. The molecule has 4 aromatic rings. The highest BCUT2D eigenvalue weighted by Crippen LogP contribution is 2.42. The molecule has 2 nitrogen and oxygen atoms in total. The lowest BCUT2D eigenvalue weighted by atomic mass is 9.86. The second kappa shape index (κ2) is 6.06. The van der Waals surface area contributed by atoms with E-state index in [0.717, 1.165) is 13.0 Å². The molecule has 1 aliphatic heterocycles. The smallest absolute Gasteiger partial charge is 0.0822 e. The highest BCUT2D eigenvalue weighted by Gasteiger charge is 2.31. The fourth-order valence-corrected chi connectivity index (χ4v) is 4.43. The van der Waals surface area contributed by atoms with Crippen LogP contribution < -0.4 is 4.90 Å². The number of anilines is 1. The Morgan fingerprint density at radius 1 is 0.846 bits per heavy atom. The summed E-state index contributed by atoms with van der Waals surface area (Å²) in [7, 11) is 0. The van der Waals surface area contributed by atoms with Crippen LogP contribution in [0, 0.1) is 6.92 Å². The first kappa shape index (κ1) is 15.3. The molecule has 2 heteroatoms. The average molecular weight is 338 g/mol. The number of hydrogen-bond donors (Lipinski definition) is 1. The van der Waals surface area contributed by atoms with Gasteiger partial charge >= 0.3 is 0 Å². The van der Waals surface area contributed by atoms with Gasteiger partial charge in [-0.2, -0.15) is 0 Å². The molecule has 0 spiro atoms. The predicted octanol–water partition coefficient (Wildman–Crippen LogP) is 5.63. The van der Waals surface area contributed by atoms with Gasteiger partial charge in [0.1, 0.15) is 0 Å². The number of aryl methyl sites for hydroxylation is 1. The summed E-state index contributed by atoms with van der Waals surface area (Å²) in [5.74, 6) is 0. The first-order chi connectivity index (χ1) is 12.8. The normalized spacial score (nSPS) is 16.7. The summed E-state index contributed by atoms with van der Waals surface area (Å²) in [5, 5.41) is 1.33. The van der Waals surface area contributed by atoms with E-state index in [9.17, 15) is 0 Å².